The zero-order chi connectivity index (χ0) is 28.9. The van der Waals surface area contributed by atoms with Crippen LogP contribution in [0.25, 0.3) is 16.8 Å². The highest BCUT2D eigenvalue weighted by atomic mass is 35.5. The lowest BCUT2D eigenvalue weighted by Gasteiger charge is -2.17. The highest BCUT2D eigenvalue weighted by molar-refractivity contribution is 6.34. The number of amides is 2. The number of alkyl halides is 4. The molecule has 1 aliphatic heterocycles. The minimum Gasteiger partial charge on any atom is -0.382 e. The summed E-state index contributed by atoms with van der Waals surface area (Å²) < 4.78 is 83.9. The molecule has 208 valence electrons. The maximum atomic E-state index is 14.8. The van der Waals surface area contributed by atoms with E-state index >= 15 is 0 Å². The molecule has 2 atom stereocenters. The molecule has 0 saturated carbocycles. The van der Waals surface area contributed by atoms with Crippen molar-refractivity contribution >= 4 is 34.7 Å². The van der Waals surface area contributed by atoms with Gasteiger partial charge in [-0.3, -0.25) is 9.59 Å². The second-order valence-electron chi connectivity index (χ2n) is 8.83. The van der Waals surface area contributed by atoms with Crippen molar-refractivity contribution in [2.24, 2.45) is 0 Å². The standard InChI is InChI=1S/C24H16ClF6N7O2/c25-14-2-1-10(18-5-13(24(29,30)31)20-21(32)34-9-35-38(18)20)3-12(14)22(39)36-17-8-37(7-16(17)28)23(40)19-15(27)4-11(26)6-33-19/h1-6,9,16-17H,7-8H2,(H,36,39)(H2,32,34,35)/t16-,17+/m0/s1. The Labute approximate surface area is 225 Å². The van der Waals surface area contributed by atoms with E-state index in [1.165, 1.54) is 18.2 Å². The minimum atomic E-state index is -4.79. The summed E-state index contributed by atoms with van der Waals surface area (Å²) >= 11 is 6.18. The van der Waals surface area contributed by atoms with Crippen LogP contribution in [0.5, 0.6) is 0 Å². The number of pyridine rings is 1. The maximum absolute atomic E-state index is 14.8. The van der Waals surface area contributed by atoms with E-state index in [1.54, 1.807) is 0 Å². The van der Waals surface area contributed by atoms with Gasteiger partial charge in [0.05, 0.1) is 40.6 Å². The van der Waals surface area contributed by atoms with Crippen molar-refractivity contribution in [3.8, 4) is 11.3 Å². The highest BCUT2D eigenvalue weighted by Crippen LogP contribution is 2.39. The van der Waals surface area contributed by atoms with E-state index in [-0.39, 0.29) is 28.4 Å². The van der Waals surface area contributed by atoms with Gasteiger partial charge in [0.25, 0.3) is 11.8 Å². The van der Waals surface area contributed by atoms with Crippen molar-refractivity contribution in [1.29, 1.82) is 0 Å². The molecule has 3 N–H and O–H groups in total. The van der Waals surface area contributed by atoms with Crippen LogP contribution in [0.4, 0.5) is 32.2 Å². The number of carbonyl (C=O) groups is 2. The van der Waals surface area contributed by atoms with Gasteiger partial charge in [0.15, 0.2) is 17.3 Å². The summed E-state index contributed by atoms with van der Waals surface area (Å²) in [6, 6.07) is 3.84. The molecule has 16 heteroatoms. The number of nitrogen functional groups attached to an aromatic ring is 1. The van der Waals surface area contributed by atoms with Crippen LogP contribution in [0.1, 0.15) is 26.4 Å². The number of carbonyl (C=O) groups excluding carboxylic acids is 2. The molecular weight excluding hydrogens is 568 g/mol. The summed E-state index contributed by atoms with van der Waals surface area (Å²) in [5.41, 5.74) is 3.23. The predicted octanol–water partition coefficient (Wildman–Crippen LogP) is 3.92. The molecule has 1 fully saturated rings. The van der Waals surface area contributed by atoms with Crippen LogP contribution >= 0.6 is 11.6 Å². The Morgan fingerprint density at radius 1 is 1.10 bits per heavy atom. The molecule has 40 heavy (non-hydrogen) atoms. The van der Waals surface area contributed by atoms with Crippen LogP contribution in [0.15, 0.2) is 42.9 Å². The zero-order valence-corrected chi connectivity index (χ0v) is 20.6. The van der Waals surface area contributed by atoms with Crippen LogP contribution in [-0.2, 0) is 6.18 Å². The fourth-order valence-corrected chi connectivity index (χ4v) is 4.59. The number of benzene rings is 1. The Hall–Kier alpha value is -4.40. The summed E-state index contributed by atoms with van der Waals surface area (Å²) in [6.45, 7) is -0.871. The monoisotopic (exact) mass is 583 g/mol. The van der Waals surface area contributed by atoms with Crippen LogP contribution in [-0.4, -0.2) is 61.6 Å². The summed E-state index contributed by atoms with van der Waals surface area (Å²) in [7, 11) is 0. The number of anilines is 1. The smallest absolute Gasteiger partial charge is 0.382 e. The van der Waals surface area contributed by atoms with Crippen molar-refractivity contribution in [2.45, 2.75) is 18.4 Å². The number of likely N-dealkylation sites (tertiary alicyclic amines) is 1. The Kier molecular flexibility index (Phi) is 6.77. The first-order valence-corrected chi connectivity index (χ1v) is 11.8. The number of nitrogens with two attached hydrogens (primary N) is 1. The molecular formula is C24H16ClF6N7O2. The number of fused-ring (bicyclic) bond motifs is 1. The molecule has 3 aromatic heterocycles. The Bertz CT molecular complexity index is 1660. The second kappa shape index (κ2) is 9.97. The molecule has 4 aromatic rings. The van der Waals surface area contributed by atoms with Gasteiger partial charge in [-0.15, -0.1) is 0 Å². The minimum absolute atomic E-state index is 0.0722. The zero-order valence-electron chi connectivity index (χ0n) is 19.9. The fourth-order valence-electron chi connectivity index (χ4n) is 4.38. The van der Waals surface area contributed by atoms with Gasteiger partial charge in [0.2, 0.25) is 0 Å². The summed E-state index contributed by atoms with van der Waals surface area (Å²) in [4.78, 5) is 33.6. The Morgan fingerprint density at radius 2 is 1.85 bits per heavy atom. The third-order valence-corrected chi connectivity index (χ3v) is 6.59. The molecule has 0 bridgehead atoms. The van der Waals surface area contributed by atoms with Crippen LogP contribution in [0.3, 0.4) is 0 Å². The molecule has 0 spiro atoms. The van der Waals surface area contributed by atoms with Crippen LogP contribution < -0.4 is 11.1 Å². The number of nitrogens with zero attached hydrogens (tertiary/aromatic N) is 5. The first kappa shape index (κ1) is 27.2. The number of aromatic nitrogens is 4. The number of hydrogen-bond acceptors (Lipinski definition) is 6. The first-order valence-electron chi connectivity index (χ1n) is 11.4. The van der Waals surface area contributed by atoms with Gasteiger partial charge >= 0.3 is 6.18 Å². The normalized spacial score (nSPS) is 17.4. The molecule has 0 unspecified atom stereocenters. The number of rotatable bonds is 4. The van der Waals surface area contributed by atoms with Crippen LogP contribution in [0.2, 0.25) is 5.02 Å². The summed E-state index contributed by atoms with van der Waals surface area (Å²) in [6.07, 6.45) is -4.94. The molecule has 4 heterocycles. The third-order valence-electron chi connectivity index (χ3n) is 6.26. The van der Waals surface area contributed by atoms with E-state index in [1.807, 2.05) is 0 Å². The predicted molar refractivity (Wildman–Crippen MR) is 129 cm³/mol. The average Bonchev–Trinajstić information content (AvgIpc) is 3.46. The van der Waals surface area contributed by atoms with Gasteiger partial charge in [0, 0.05) is 18.2 Å². The fraction of sp³-hybridized carbons (Fsp3) is 0.208. The molecule has 9 nitrogen and oxygen atoms in total. The van der Waals surface area contributed by atoms with Crippen molar-refractivity contribution in [3.05, 3.63) is 76.3 Å². The van der Waals surface area contributed by atoms with Gasteiger partial charge in [-0.2, -0.15) is 18.3 Å². The quantitative estimate of drug-likeness (QED) is 0.352. The second-order valence-corrected chi connectivity index (χ2v) is 9.24. The highest BCUT2D eigenvalue weighted by Gasteiger charge is 2.39. The van der Waals surface area contributed by atoms with E-state index in [4.69, 9.17) is 17.3 Å². The molecule has 0 radical (unpaired) electrons. The number of hydrogen-bond donors (Lipinski definition) is 2. The Morgan fingerprint density at radius 3 is 2.55 bits per heavy atom. The number of nitrogens with one attached hydrogen (secondary N) is 1. The molecule has 1 aliphatic rings. The maximum Gasteiger partial charge on any atom is 0.418 e. The van der Waals surface area contributed by atoms with Gasteiger partial charge in [0.1, 0.15) is 23.8 Å². The SMILES string of the molecule is Nc1ncnn2c(-c3ccc(Cl)c(C(=O)N[C@@H]4CN(C(=O)c5ncc(F)cc5F)C[C@@H]4F)c3)cc(C(F)(F)F)c12. The van der Waals surface area contributed by atoms with Gasteiger partial charge in [-0.1, -0.05) is 17.7 Å². The largest absolute Gasteiger partial charge is 0.418 e. The average molecular weight is 584 g/mol. The molecule has 1 aromatic carbocycles. The molecule has 1 saturated heterocycles. The van der Waals surface area contributed by atoms with E-state index < -0.39 is 71.0 Å². The summed E-state index contributed by atoms with van der Waals surface area (Å²) in [5, 5.41) is 6.17. The molecule has 0 aliphatic carbocycles. The van der Waals surface area contributed by atoms with Crippen molar-refractivity contribution in [3.63, 3.8) is 0 Å². The van der Waals surface area contributed by atoms with Crippen molar-refractivity contribution in [1.82, 2.24) is 29.8 Å². The third kappa shape index (κ3) is 4.87. The van der Waals surface area contributed by atoms with E-state index in [2.05, 4.69) is 20.4 Å². The molecule has 2 amide bonds. The van der Waals surface area contributed by atoms with E-state index in [9.17, 15) is 35.9 Å². The lowest BCUT2D eigenvalue weighted by atomic mass is 10.1. The van der Waals surface area contributed by atoms with Crippen molar-refractivity contribution in [2.75, 3.05) is 18.8 Å². The Balaban J connectivity index is 1.41. The summed E-state index contributed by atoms with van der Waals surface area (Å²) in [5.74, 6) is -4.52. The van der Waals surface area contributed by atoms with Crippen LogP contribution in [0, 0.1) is 11.6 Å². The van der Waals surface area contributed by atoms with E-state index in [0.29, 0.717) is 12.3 Å². The van der Waals surface area contributed by atoms with E-state index in [0.717, 1.165) is 21.8 Å². The molecule has 5 rings (SSSR count). The van der Waals surface area contributed by atoms with Gasteiger partial charge in [-0.05, 0) is 18.2 Å². The van der Waals surface area contributed by atoms with Gasteiger partial charge < -0.3 is 16.0 Å². The topological polar surface area (TPSA) is 119 Å². The number of halogens is 7. The first-order chi connectivity index (χ1) is 18.8. The van der Waals surface area contributed by atoms with Crippen molar-refractivity contribution < 1.29 is 35.9 Å². The lowest BCUT2D eigenvalue weighted by Crippen LogP contribution is -2.42. The van der Waals surface area contributed by atoms with Gasteiger partial charge in [-0.25, -0.2) is 27.7 Å². The lowest BCUT2D eigenvalue weighted by molar-refractivity contribution is -0.136.